The molecule has 6 nitrogen and oxygen atoms in total. The van der Waals surface area contributed by atoms with Gasteiger partial charge in [-0.05, 0) is 56.6 Å². The Kier molecular flexibility index (Phi) is 6.27. The monoisotopic (exact) mass is 411 g/mol. The van der Waals surface area contributed by atoms with Gasteiger partial charge in [-0.15, -0.1) is 0 Å². The molecule has 30 heavy (non-hydrogen) atoms. The van der Waals surface area contributed by atoms with Gasteiger partial charge in [-0.1, -0.05) is 24.3 Å². The summed E-state index contributed by atoms with van der Waals surface area (Å²) in [7, 11) is 5.89. The molecule has 0 spiro atoms. The Morgan fingerprint density at radius 3 is 2.53 bits per heavy atom. The molecule has 0 aliphatic carbocycles. The maximum Gasteiger partial charge on any atom is 0.289 e. The summed E-state index contributed by atoms with van der Waals surface area (Å²) in [5.41, 5.74) is 2.66. The van der Waals surface area contributed by atoms with E-state index in [0.717, 1.165) is 51.2 Å². The van der Waals surface area contributed by atoms with Crippen LogP contribution in [0.5, 0.6) is 0 Å². The second-order valence-electron chi connectivity index (χ2n) is 8.91. The Morgan fingerprint density at radius 1 is 1.10 bits per heavy atom. The predicted octanol–water partition coefficient (Wildman–Crippen LogP) is 3.02. The summed E-state index contributed by atoms with van der Waals surface area (Å²) in [6, 6.07) is 12.4. The molecule has 6 heteroatoms. The summed E-state index contributed by atoms with van der Waals surface area (Å²) in [5.74, 6) is 1.29. The predicted molar refractivity (Wildman–Crippen MR) is 116 cm³/mol. The van der Waals surface area contributed by atoms with Gasteiger partial charge in [0.1, 0.15) is 5.76 Å². The van der Waals surface area contributed by atoms with E-state index >= 15 is 0 Å². The van der Waals surface area contributed by atoms with Crippen molar-refractivity contribution < 1.29 is 13.9 Å². The highest BCUT2D eigenvalue weighted by molar-refractivity contribution is 5.91. The van der Waals surface area contributed by atoms with Crippen LogP contribution in [0.25, 0.3) is 0 Å². The van der Waals surface area contributed by atoms with Crippen molar-refractivity contribution in [2.75, 3.05) is 47.4 Å². The van der Waals surface area contributed by atoms with Gasteiger partial charge in [0.25, 0.3) is 5.91 Å². The lowest BCUT2D eigenvalue weighted by molar-refractivity contribution is -0.0657. The molecule has 4 rings (SSSR count). The van der Waals surface area contributed by atoms with Gasteiger partial charge in [0.2, 0.25) is 0 Å². The first-order valence-electron chi connectivity index (χ1n) is 10.8. The standard InChI is InChI=1S/C24H33N3O3/c1-25(2)18-24(29-3)11-14-27(15-12-24)23(28)22-9-8-21(30-22)17-26-13-10-19-6-4-5-7-20(19)16-26/h4-9H,10-18H2,1-3H3. The number of nitrogens with zero attached hydrogens (tertiary/aromatic N) is 3. The number of piperidine rings is 1. The van der Waals surface area contributed by atoms with E-state index < -0.39 is 0 Å². The highest BCUT2D eigenvalue weighted by Gasteiger charge is 2.37. The first-order valence-corrected chi connectivity index (χ1v) is 10.8. The summed E-state index contributed by atoms with van der Waals surface area (Å²) in [6.45, 7) is 4.93. The van der Waals surface area contributed by atoms with E-state index in [0.29, 0.717) is 18.8 Å². The Labute approximate surface area is 179 Å². The molecule has 2 aliphatic heterocycles. The van der Waals surface area contributed by atoms with Crippen LogP contribution in [-0.2, 0) is 24.2 Å². The number of rotatable bonds is 6. The maximum absolute atomic E-state index is 13.0. The van der Waals surface area contributed by atoms with E-state index in [1.54, 1.807) is 7.11 Å². The first-order chi connectivity index (χ1) is 14.5. The van der Waals surface area contributed by atoms with Gasteiger partial charge in [-0.2, -0.15) is 0 Å². The summed E-state index contributed by atoms with van der Waals surface area (Å²) in [4.78, 5) is 19.4. The van der Waals surface area contributed by atoms with Gasteiger partial charge in [-0.25, -0.2) is 0 Å². The number of likely N-dealkylation sites (N-methyl/N-ethyl adjacent to an activating group) is 1. The summed E-state index contributed by atoms with van der Waals surface area (Å²) in [5, 5.41) is 0. The zero-order valence-corrected chi connectivity index (χ0v) is 18.4. The third-order valence-electron chi connectivity index (χ3n) is 6.46. The van der Waals surface area contributed by atoms with E-state index in [-0.39, 0.29) is 11.5 Å². The molecule has 0 bridgehead atoms. The Morgan fingerprint density at radius 2 is 1.83 bits per heavy atom. The molecule has 2 aliphatic rings. The van der Waals surface area contributed by atoms with Crippen LogP contribution in [0.3, 0.4) is 0 Å². The second kappa shape index (κ2) is 8.92. The Bertz CT molecular complexity index is 868. The zero-order chi connectivity index (χ0) is 21.1. The van der Waals surface area contributed by atoms with Crippen molar-refractivity contribution in [3.63, 3.8) is 0 Å². The maximum atomic E-state index is 13.0. The quantitative estimate of drug-likeness (QED) is 0.731. The average Bonchev–Trinajstić information content (AvgIpc) is 3.21. The van der Waals surface area contributed by atoms with E-state index in [1.807, 2.05) is 17.0 Å². The van der Waals surface area contributed by atoms with Crippen LogP contribution in [0.15, 0.2) is 40.8 Å². The van der Waals surface area contributed by atoms with Crippen molar-refractivity contribution in [1.29, 1.82) is 0 Å². The fraction of sp³-hybridized carbons (Fsp3) is 0.542. The van der Waals surface area contributed by atoms with Crippen molar-refractivity contribution in [3.05, 3.63) is 59.0 Å². The van der Waals surface area contributed by atoms with Gasteiger partial charge < -0.3 is 19.0 Å². The number of benzene rings is 1. The second-order valence-corrected chi connectivity index (χ2v) is 8.91. The summed E-state index contributed by atoms with van der Waals surface area (Å²) < 4.78 is 11.8. The van der Waals surface area contributed by atoms with Gasteiger partial charge >= 0.3 is 0 Å². The molecule has 0 unspecified atom stereocenters. The molecule has 1 aromatic heterocycles. The van der Waals surface area contributed by atoms with Crippen LogP contribution in [0.1, 0.15) is 40.3 Å². The molecule has 1 aromatic carbocycles. The lowest BCUT2D eigenvalue weighted by Gasteiger charge is -2.42. The molecule has 0 saturated carbocycles. The van der Waals surface area contributed by atoms with Crippen LogP contribution in [0.4, 0.5) is 0 Å². The summed E-state index contributed by atoms with van der Waals surface area (Å²) >= 11 is 0. The van der Waals surface area contributed by atoms with Crippen molar-refractivity contribution in [3.8, 4) is 0 Å². The van der Waals surface area contributed by atoms with Crippen LogP contribution in [0.2, 0.25) is 0 Å². The molecule has 1 amide bonds. The number of furan rings is 1. The van der Waals surface area contributed by atoms with Crippen molar-refractivity contribution >= 4 is 5.91 Å². The van der Waals surface area contributed by atoms with Crippen molar-refractivity contribution in [2.24, 2.45) is 0 Å². The molecule has 1 saturated heterocycles. The molecular weight excluding hydrogens is 378 g/mol. The minimum Gasteiger partial charge on any atom is -0.455 e. The molecule has 2 aromatic rings. The number of likely N-dealkylation sites (tertiary alicyclic amines) is 1. The van der Waals surface area contributed by atoms with E-state index in [4.69, 9.17) is 9.15 Å². The molecular formula is C24H33N3O3. The third kappa shape index (κ3) is 4.61. The summed E-state index contributed by atoms with van der Waals surface area (Å²) in [6.07, 6.45) is 2.74. The number of methoxy groups -OCH3 is 1. The minimum absolute atomic E-state index is 0.0141. The minimum atomic E-state index is -0.168. The number of hydrogen-bond acceptors (Lipinski definition) is 5. The fourth-order valence-corrected chi connectivity index (χ4v) is 4.76. The SMILES string of the molecule is COC1(CN(C)C)CCN(C(=O)c2ccc(CN3CCc4ccccc4C3)o2)CC1. The lowest BCUT2D eigenvalue weighted by Crippen LogP contribution is -2.52. The number of hydrogen-bond donors (Lipinski definition) is 0. The molecule has 0 atom stereocenters. The van der Waals surface area contributed by atoms with Gasteiger partial charge in [0.05, 0.1) is 12.1 Å². The largest absolute Gasteiger partial charge is 0.455 e. The average molecular weight is 412 g/mol. The molecule has 3 heterocycles. The van der Waals surface area contributed by atoms with E-state index in [9.17, 15) is 4.79 Å². The Hall–Kier alpha value is -2.15. The fourth-order valence-electron chi connectivity index (χ4n) is 4.76. The number of amides is 1. The number of ether oxygens (including phenoxy) is 1. The third-order valence-corrected chi connectivity index (χ3v) is 6.46. The highest BCUT2D eigenvalue weighted by Crippen LogP contribution is 2.28. The highest BCUT2D eigenvalue weighted by atomic mass is 16.5. The van der Waals surface area contributed by atoms with Crippen molar-refractivity contribution in [2.45, 2.75) is 38.0 Å². The van der Waals surface area contributed by atoms with Gasteiger partial charge in [0.15, 0.2) is 5.76 Å². The van der Waals surface area contributed by atoms with Crippen molar-refractivity contribution in [1.82, 2.24) is 14.7 Å². The van der Waals surface area contributed by atoms with Crippen LogP contribution < -0.4 is 0 Å². The van der Waals surface area contributed by atoms with Crippen LogP contribution in [0, 0.1) is 0 Å². The number of carbonyl (C=O) groups is 1. The van der Waals surface area contributed by atoms with E-state index in [1.165, 1.54) is 11.1 Å². The number of fused-ring (bicyclic) bond motifs is 1. The molecule has 0 radical (unpaired) electrons. The smallest absolute Gasteiger partial charge is 0.289 e. The van der Waals surface area contributed by atoms with Crippen LogP contribution >= 0.6 is 0 Å². The van der Waals surface area contributed by atoms with Crippen LogP contribution in [-0.4, -0.2) is 73.6 Å². The normalized spacial score (nSPS) is 19.1. The Balaban J connectivity index is 1.34. The topological polar surface area (TPSA) is 49.2 Å². The van der Waals surface area contributed by atoms with Gasteiger partial charge in [0, 0.05) is 39.8 Å². The van der Waals surface area contributed by atoms with E-state index in [2.05, 4.69) is 48.2 Å². The number of carbonyl (C=O) groups excluding carboxylic acids is 1. The molecule has 1 fully saturated rings. The zero-order valence-electron chi connectivity index (χ0n) is 18.4. The molecule has 0 N–H and O–H groups in total. The molecule has 162 valence electrons. The van der Waals surface area contributed by atoms with Gasteiger partial charge in [-0.3, -0.25) is 9.69 Å². The first kappa shape index (κ1) is 21.1. The lowest BCUT2D eigenvalue weighted by atomic mass is 9.90.